The molecule has 0 radical (unpaired) electrons. The van der Waals surface area contributed by atoms with Crippen LogP contribution in [0.4, 0.5) is 5.69 Å². The molecule has 1 fully saturated rings. The Morgan fingerprint density at radius 1 is 1.10 bits per heavy atom. The Kier molecular flexibility index (Phi) is 4.89. The zero-order valence-electron chi connectivity index (χ0n) is 12.8. The topological polar surface area (TPSA) is 35.9 Å². The van der Waals surface area contributed by atoms with Gasteiger partial charge in [0.2, 0.25) is 0 Å². The van der Waals surface area contributed by atoms with Gasteiger partial charge < -0.3 is 14.7 Å². The van der Waals surface area contributed by atoms with Crippen LogP contribution in [0.1, 0.15) is 20.3 Å². The fourth-order valence-electron chi connectivity index (χ4n) is 2.73. The standard InChI is InChI=1S/C16H26N2O2/c1-16(2,19)13-17-9-4-10-18(12-11-17)14-5-7-15(20-3)8-6-14/h5-8,19H,4,9-13H2,1-3H3. The summed E-state index contributed by atoms with van der Waals surface area (Å²) in [5.41, 5.74) is 0.630. The van der Waals surface area contributed by atoms with E-state index in [1.54, 1.807) is 7.11 Å². The molecule has 0 saturated carbocycles. The number of methoxy groups -OCH3 is 1. The lowest BCUT2D eigenvalue weighted by molar-refractivity contribution is 0.0385. The Morgan fingerprint density at radius 3 is 2.40 bits per heavy atom. The second kappa shape index (κ2) is 6.46. The molecule has 1 aromatic rings. The average Bonchev–Trinajstić information content (AvgIpc) is 2.63. The van der Waals surface area contributed by atoms with Gasteiger partial charge in [0.1, 0.15) is 5.75 Å². The second-order valence-electron chi connectivity index (χ2n) is 6.13. The molecule has 1 heterocycles. The minimum absolute atomic E-state index is 0.616. The van der Waals surface area contributed by atoms with Gasteiger partial charge in [-0.05, 0) is 44.5 Å². The Morgan fingerprint density at radius 2 is 1.80 bits per heavy atom. The lowest BCUT2D eigenvalue weighted by atomic mass is 10.1. The lowest BCUT2D eigenvalue weighted by Gasteiger charge is -2.28. The predicted molar refractivity (Wildman–Crippen MR) is 82.6 cm³/mol. The monoisotopic (exact) mass is 278 g/mol. The van der Waals surface area contributed by atoms with Crippen LogP contribution in [-0.2, 0) is 0 Å². The smallest absolute Gasteiger partial charge is 0.119 e. The molecular weight excluding hydrogens is 252 g/mol. The van der Waals surface area contributed by atoms with Crippen molar-refractivity contribution >= 4 is 5.69 Å². The quantitative estimate of drug-likeness (QED) is 0.913. The molecule has 112 valence electrons. The van der Waals surface area contributed by atoms with Crippen molar-refractivity contribution in [1.29, 1.82) is 0 Å². The average molecular weight is 278 g/mol. The van der Waals surface area contributed by atoms with Gasteiger partial charge in [-0.15, -0.1) is 0 Å². The van der Waals surface area contributed by atoms with Gasteiger partial charge in [-0.2, -0.15) is 0 Å². The van der Waals surface area contributed by atoms with Crippen molar-refractivity contribution < 1.29 is 9.84 Å². The third kappa shape index (κ3) is 4.39. The van der Waals surface area contributed by atoms with E-state index in [9.17, 15) is 5.11 Å². The fourth-order valence-corrected chi connectivity index (χ4v) is 2.73. The summed E-state index contributed by atoms with van der Waals surface area (Å²) in [6, 6.07) is 8.25. The summed E-state index contributed by atoms with van der Waals surface area (Å²) in [6.45, 7) is 8.60. The molecule has 0 aromatic heterocycles. The molecule has 0 aliphatic carbocycles. The van der Waals surface area contributed by atoms with Crippen LogP contribution in [0.3, 0.4) is 0 Å². The minimum atomic E-state index is -0.616. The number of β-amino-alcohol motifs (C(OH)–C–C–N with tert-alkyl or cyclic N) is 1. The van der Waals surface area contributed by atoms with Crippen LogP contribution in [-0.4, -0.2) is 55.4 Å². The highest BCUT2D eigenvalue weighted by molar-refractivity contribution is 5.49. The summed E-state index contributed by atoms with van der Waals surface area (Å²) in [7, 11) is 1.69. The molecule has 1 N–H and O–H groups in total. The van der Waals surface area contributed by atoms with E-state index in [1.165, 1.54) is 5.69 Å². The second-order valence-corrected chi connectivity index (χ2v) is 6.13. The number of anilines is 1. The maximum absolute atomic E-state index is 9.93. The van der Waals surface area contributed by atoms with E-state index < -0.39 is 5.60 Å². The SMILES string of the molecule is COc1ccc(N2CCCN(CC(C)(C)O)CC2)cc1. The Hall–Kier alpha value is -1.26. The Balaban J connectivity index is 1.94. The molecule has 1 aliphatic rings. The van der Waals surface area contributed by atoms with Crippen molar-refractivity contribution in [1.82, 2.24) is 4.90 Å². The fraction of sp³-hybridized carbons (Fsp3) is 0.625. The highest BCUT2D eigenvalue weighted by Crippen LogP contribution is 2.21. The summed E-state index contributed by atoms with van der Waals surface area (Å²) in [6.07, 6.45) is 1.13. The summed E-state index contributed by atoms with van der Waals surface area (Å²) >= 11 is 0. The molecule has 1 aromatic carbocycles. The maximum Gasteiger partial charge on any atom is 0.119 e. The Bertz CT molecular complexity index is 411. The summed E-state index contributed by atoms with van der Waals surface area (Å²) in [5.74, 6) is 0.896. The van der Waals surface area contributed by atoms with Gasteiger partial charge in [0.25, 0.3) is 0 Å². The highest BCUT2D eigenvalue weighted by atomic mass is 16.5. The first-order valence-corrected chi connectivity index (χ1v) is 7.32. The first-order valence-electron chi connectivity index (χ1n) is 7.32. The molecule has 1 saturated heterocycles. The van der Waals surface area contributed by atoms with Gasteiger partial charge in [0.05, 0.1) is 12.7 Å². The van der Waals surface area contributed by atoms with E-state index in [1.807, 2.05) is 26.0 Å². The molecule has 0 bridgehead atoms. The van der Waals surface area contributed by atoms with Gasteiger partial charge >= 0.3 is 0 Å². The van der Waals surface area contributed by atoms with Crippen LogP contribution in [0, 0.1) is 0 Å². The van der Waals surface area contributed by atoms with Crippen LogP contribution < -0.4 is 9.64 Å². The van der Waals surface area contributed by atoms with E-state index in [0.717, 1.165) is 44.9 Å². The summed E-state index contributed by atoms with van der Waals surface area (Å²) < 4.78 is 5.20. The number of nitrogens with zero attached hydrogens (tertiary/aromatic N) is 2. The van der Waals surface area contributed by atoms with E-state index in [-0.39, 0.29) is 0 Å². The van der Waals surface area contributed by atoms with Gasteiger partial charge in [-0.25, -0.2) is 0 Å². The van der Waals surface area contributed by atoms with E-state index in [0.29, 0.717) is 0 Å². The van der Waals surface area contributed by atoms with Crippen LogP contribution in [0.15, 0.2) is 24.3 Å². The molecule has 1 aliphatic heterocycles. The molecule has 0 unspecified atom stereocenters. The number of aliphatic hydroxyl groups is 1. The van der Waals surface area contributed by atoms with Crippen molar-refractivity contribution in [2.45, 2.75) is 25.9 Å². The summed E-state index contributed by atoms with van der Waals surface area (Å²) in [5, 5.41) is 9.93. The Labute approximate surface area is 122 Å². The first kappa shape index (κ1) is 15.1. The van der Waals surface area contributed by atoms with E-state index in [2.05, 4.69) is 21.9 Å². The van der Waals surface area contributed by atoms with Crippen LogP contribution in [0.2, 0.25) is 0 Å². The summed E-state index contributed by atoms with van der Waals surface area (Å²) in [4.78, 5) is 4.76. The lowest BCUT2D eigenvalue weighted by Crippen LogP contribution is -2.40. The van der Waals surface area contributed by atoms with Gasteiger partial charge in [0, 0.05) is 38.4 Å². The van der Waals surface area contributed by atoms with Gasteiger partial charge in [-0.1, -0.05) is 0 Å². The molecule has 4 nitrogen and oxygen atoms in total. The maximum atomic E-state index is 9.93. The van der Waals surface area contributed by atoms with Crippen LogP contribution >= 0.6 is 0 Å². The molecule has 4 heteroatoms. The normalized spacial score (nSPS) is 17.9. The van der Waals surface area contributed by atoms with E-state index in [4.69, 9.17) is 4.74 Å². The molecule has 2 rings (SSSR count). The number of hydrogen-bond acceptors (Lipinski definition) is 4. The van der Waals surface area contributed by atoms with Crippen molar-refractivity contribution in [2.24, 2.45) is 0 Å². The third-order valence-electron chi connectivity index (χ3n) is 3.64. The molecular formula is C16H26N2O2. The first-order chi connectivity index (χ1) is 9.48. The van der Waals surface area contributed by atoms with Crippen molar-refractivity contribution in [3.63, 3.8) is 0 Å². The largest absolute Gasteiger partial charge is 0.497 e. The molecule has 0 spiro atoms. The van der Waals surface area contributed by atoms with Gasteiger partial charge in [-0.3, -0.25) is 4.90 Å². The van der Waals surface area contributed by atoms with E-state index >= 15 is 0 Å². The zero-order chi connectivity index (χ0) is 14.6. The van der Waals surface area contributed by atoms with Crippen LogP contribution in [0.5, 0.6) is 5.75 Å². The molecule has 0 atom stereocenters. The number of benzene rings is 1. The molecule has 20 heavy (non-hydrogen) atoms. The zero-order valence-corrected chi connectivity index (χ0v) is 12.8. The van der Waals surface area contributed by atoms with Crippen molar-refractivity contribution in [3.8, 4) is 5.75 Å². The number of hydrogen-bond donors (Lipinski definition) is 1. The van der Waals surface area contributed by atoms with Gasteiger partial charge in [0.15, 0.2) is 0 Å². The minimum Gasteiger partial charge on any atom is -0.497 e. The highest BCUT2D eigenvalue weighted by Gasteiger charge is 2.21. The van der Waals surface area contributed by atoms with Crippen molar-refractivity contribution in [3.05, 3.63) is 24.3 Å². The van der Waals surface area contributed by atoms with Crippen molar-refractivity contribution in [2.75, 3.05) is 44.7 Å². The molecule has 0 amide bonds. The number of rotatable bonds is 4. The predicted octanol–water partition coefficient (Wildman–Crippen LogP) is 1.98. The number of ether oxygens (including phenoxy) is 1. The third-order valence-corrected chi connectivity index (χ3v) is 3.64. The van der Waals surface area contributed by atoms with Crippen LogP contribution in [0.25, 0.3) is 0 Å².